The number of carbonyl (C=O) groups excluding carboxylic acids is 2. The second kappa shape index (κ2) is 8.55. The van der Waals surface area contributed by atoms with Crippen molar-refractivity contribution >= 4 is 17.5 Å². The third-order valence-corrected chi connectivity index (χ3v) is 3.24. The number of para-hydroxylation sites is 1. The molecule has 0 fully saturated rings. The molecule has 0 bridgehead atoms. The molecule has 0 saturated heterocycles. The Morgan fingerprint density at radius 3 is 2.30 bits per heavy atom. The van der Waals surface area contributed by atoms with Gasteiger partial charge >= 0.3 is 18.0 Å². The molecule has 0 aliphatic carbocycles. The van der Waals surface area contributed by atoms with Gasteiger partial charge in [-0.2, -0.15) is 13.2 Å². The SMILES string of the molecule is CCCCN(CCC)C(=O)C(=O)Nc1ccccc1C(F)(F)F. The average molecular weight is 330 g/mol. The van der Waals surface area contributed by atoms with E-state index < -0.39 is 29.2 Å². The van der Waals surface area contributed by atoms with E-state index in [9.17, 15) is 22.8 Å². The molecule has 0 unspecified atom stereocenters. The standard InChI is InChI=1S/C16H21F3N2O2/c1-3-5-11-21(10-4-2)15(23)14(22)20-13-9-7-6-8-12(13)16(17,18)19/h6-9H,3-5,10-11H2,1-2H3,(H,20,22). The highest BCUT2D eigenvalue weighted by atomic mass is 19.4. The van der Waals surface area contributed by atoms with Crippen molar-refractivity contribution in [2.45, 2.75) is 39.3 Å². The number of anilines is 1. The summed E-state index contributed by atoms with van der Waals surface area (Å²) in [7, 11) is 0. The highest BCUT2D eigenvalue weighted by molar-refractivity contribution is 6.39. The molecule has 1 aromatic carbocycles. The zero-order chi connectivity index (χ0) is 17.5. The van der Waals surface area contributed by atoms with Gasteiger partial charge in [0, 0.05) is 13.1 Å². The summed E-state index contributed by atoms with van der Waals surface area (Å²) >= 11 is 0. The van der Waals surface area contributed by atoms with Gasteiger partial charge in [0.1, 0.15) is 0 Å². The third kappa shape index (κ3) is 5.58. The Balaban J connectivity index is 2.88. The predicted molar refractivity (Wildman–Crippen MR) is 81.9 cm³/mol. The van der Waals surface area contributed by atoms with Crippen molar-refractivity contribution in [3.63, 3.8) is 0 Å². The van der Waals surface area contributed by atoms with E-state index in [1.54, 1.807) is 0 Å². The number of alkyl halides is 3. The summed E-state index contributed by atoms with van der Waals surface area (Å²) in [4.78, 5) is 25.5. The van der Waals surface area contributed by atoms with Gasteiger partial charge < -0.3 is 10.2 Å². The number of carbonyl (C=O) groups is 2. The molecule has 0 aliphatic rings. The number of amides is 2. The van der Waals surface area contributed by atoms with Crippen LogP contribution in [0.2, 0.25) is 0 Å². The van der Waals surface area contributed by atoms with E-state index in [-0.39, 0.29) is 0 Å². The first-order valence-electron chi connectivity index (χ1n) is 7.57. The minimum Gasteiger partial charge on any atom is -0.334 e. The van der Waals surface area contributed by atoms with Crippen LogP contribution in [0.5, 0.6) is 0 Å². The van der Waals surface area contributed by atoms with Gasteiger partial charge in [0.2, 0.25) is 0 Å². The second-order valence-electron chi connectivity index (χ2n) is 5.14. The molecule has 128 valence electrons. The van der Waals surface area contributed by atoms with Crippen LogP contribution in [0.4, 0.5) is 18.9 Å². The molecule has 0 aromatic heterocycles. The highest BCUT2D eigenvalue weighted by Gasteiger charge is 2.34. The minimum atomic E-state index is -4.60. The molecule has 1 aromatic rings. The Morgan fingerprint density at radius 1 is 1.09 bits per heavy atom. The van der Waals surface area contributed by atoms with Crippen LogP contribution in [0, 0.1) is 0 Å². The number of halogens is 3. The monoisotopic (exact) mass is 330 g/mol. The minimum absolute atomic E-state index is 0.396. The van der Waals surface area contributed by atoms with Crippen LogP contribution in [0.15, 0.2) is 24.3 Å². The number of nitrogens with one attached hydrogen (secondary N) is 1. The quantitative estimate of drug-likeness (QED) is 0.809. The maximum atomic E-state index is 12.9. The number of hydrogen-bond donors (Lipinski definition) is 1. The van der Waals surface area contributed by atoms with Gasteiger partial charge in [-0.1, -0.05) is 32.4 Å². The molecule has 4 nitrogen and oxygen atoms in total. The summed E-state index contributed by atoms with van der Waals surface area (Å²) < 4.78 is 38.7. The first-order chi connectivity index (χ1) is 10.8. The number of hydrogen-bond acceptors (Lipinski definition) is 2. The van der Waals surface area contributed by atoms with Gasteiger partial charge in [0.15, 0.2) is 0 Å². The molecule has 0 aliphatic heterocycles. The molecule has 0 saturated carbocycles. The zero-order valence-corrected chi connectivity index (χ0v) is 13.2. The molecule has 0 spiro atoms. The van der Waals surface area contributed by atoms with Gasteiger partial charge in [-0.3, -0.25) is 9.59 Å². The molecule has 1 N–H and O–H groups in total. The normalized spacial score (nSPS) is 11.2. The van der Waals surface area contributed by atoms with Crippen molar-refractivity contribution in [3.05, 3.63) is 29.8 Å². The Morgan fingerprint density at radius 2 is 1.74 bits per heavy atom. The largest absolute Gasteiger partial charge is 0.418 e. The first-order valence-corrected chi connectivity index (χ1v) is 7.57. The number of unbranched alkanes of at least 4 members (excludes halogenated alkanes) is 1. The molecule has 0 heterocycles. The lowest BCUT2D eigenvalue weighted by Gasteiger charge is -2.21. The second-order valence-corrected chi connectivity index (χ2v) is 5.14. The fourth-order valence-electron chi connectivity index (χ4n) is 2.09. The van der Waals surface area contributed by atoms with Gasteiger partial charge in [-0.15, -0.1) is 0 Å². The lowest BCUT2D eigenvalue weighted by atomic mass is 10.1. The number of benzene rings is 1. The average Bonchev–Trinajstić information content (AvgIpc) is 2.50. The Hall–Kier alpha value is -2.05. The van der Waals surface area contributed by atoms with Gasteiger partial charge in [0.05, 0.1) is 11.3 Å². The van der Waals surface area contributed by atoms with E-state index in [1.807, 2.05) is 13.8 Å². The van der Waals surface area contributed by atoms with Crippen molar-refractivity contribution in [2.24, 2.45) is 0 Å². The van der Waals surface area contributed by atoms with E-state index in [0.717, 1.165) is 25.0 Å². The lowest BCUT2D eigenvalue weighted by Crippen LogP contribution is -2.41. The highest BCUT2D eigenvalue weighted by Crippen LogP contribution is 2.34. The first kappa shape index (κ1) is 19.0. The van der Waals surface area contributed by atoms with E-state index in [4.69, 9.17) is 0 Å². The molecule has 23 heavy (non-hydrogen) atoms. The van der Waals surface area contributed by atoms with E-state index >= 15 is 0 Å². The van der Waals surface area contributed by atoms with Crippen molar-refractivity contribution in [3.8, 4) is 0 Å². The van der Waals surface area contributed by atoms with Crippen LogP contribution in [0.25, 0.3) is 0 Å². The molecule has 7 heteroatoms. The Bertz CT molecular complexity index is 544. The Kier molecular flexibility index (Phi) is 7.06. The van der Waals surface area contributed by atoms with Crippen LogP contribution >= 0.6 is 0 Å². The molecular formula is C16H21F3N2O2. The van der Waals surface area contributed by atoms with Gasteiger partial charge in [-0.05, 0) is 25.0 Å². The number of nitrogens with zero attached hydrogens (tertiary/aromatic N) is 1. The maximum Gasteiger partial charge on any atom is 0.418 e. The van der Waals surface area contributed by atoms with Crippen LogP contribution in [0.1, 0.15) is 38.7 Å². The number of rotatable bonds is 6. The van der Waals surface area contributed by atoms with Crippen LogP contribution in [-0.4, -0.2) is 29.8 Å². The van der Waals surface area contributed by atoms with Gasteiger partial charge in [-0.25, -0.2) is 0 Å². The van der Waals surface area contributed by atoms with E-state index in [1.165, 1.54) is 17.0 Å². The molecule has 1 rings (SSSR count). The predicted octanol–water partition coefficient (Wildman–Crippen LogP) is 3.68. The van der Waals surface area contributed by atoms with E-state index in [2.05, 4.69) is 5.32 Å². The molecule has 2 amide bonds. The summed E-state index contributed by atoms with van der Waals surface area (Å²) in [5.74, 6) is -1.86. The van der Waals surface area contributed by atoms with Crippen molar-refractivity contribution in [1.29, 1.82) is 0 Å². The van der Waals surface area contributed by atoms with Crippen LogP contribution in [-0.2, 0) is 15.8 Å². The summed E-state index contributed by atoms with van der Waals surface area (Å²) in [5, 5.41) is 2.08. The fraction of sp³-hybridized carbons (Fsp3) is 0.500. The van der Waals surface area contributed by atoms with Crippen molar-refractivity contribution in [2.75, 3.05) is 18.4 Å². The summed E-state index contributed by atoms with van der Waals surface area (Å²) in [6.45, 7) is 4.63. The summed E-state index contributed by atoms with van der Waals surface area (Å²) in [5.41, 5.74) is -1.39. The third-order valence-electron chi connectivity index (χ3n) is 3.24. The zero-order valence-electron chi connectivity index (χ0n) is 13.2. The van der Waals surface area contributed by atoms with E-state index in [0.29, 0.717) is 19.5 Å². The molecule has 0 radical (unpaired) electrons. The molecule has 0 atom stereocenters. The molecular weight excluding hydrogens is 309 g/mol. The van der Waals surface area contributed by atoms with Crippen LogP contribution in [0.3, 0.4) is 0 Å². The van der Waals surface area contributed by atoms with Crippen molar-refractivity contribution < 1.29 is 22.8 Å². The van der Waals surface area contributed by atoms with Crippen molar-refractivity contribution in [1.82, 2.24) is 4.90 Å². The Labute approximate surface area is 133 Å². The smallest absolute Gasteiger partial charge is 0.334 e. The summed E-state index contributed by atoms with van der Waals surface area (Å²) in [6.07, 6.45) is -2.34. The lowest BCUT2D eigenvalue weighted by molar-refractivity contribution is -0.143. The van der Waals surface area contributed by atoms with Crippen LogP contribution < -0.4 is 5.32 Å². The fourth-order valence-corrected chi connectivity index (χ4v) is 2.09. The van der Waals surface area contributed by atoms with Gasteiger partial charge in [0.25, 0.3) is 0 Å². The summed E-state index contributed by atoms with van der Waals surface area (Å²) in [6, 6.07) is 4.59. The topological polar surface area (TPSA) is 49.4 Å². The maximum absolute atomic E-state index is 12.9.